The Morgan fingerprint density at radius 2 is 1.37 bits per heavy atom. The Bertz CT molecular complexity index is 992. The minimum absolute atomic E-state index is 0.0229. The van der Waals surface area contributed by atoms with Gasteiger partial charge in [0.05, 0.1) is 6.42 Å². The fraction of sp³-hybridized carbons (Fsp3) is 0.480. The van der Waals surface area contributed by atoms with Crippen molar-refractivity contribution in [1.82, 2.24) is 0 Å². The van der Waals surface area contributed by atoms with E-state index in [2.05, 4.69) is 0 Å². The van der Waals surface area contributed by atoms with Crippen LogP contribution in [0.3, 0.4) is 0 Å². The molecule has 0 N–H and O–H groups in total. The molecule has 0 saturated carbocycles. The van der Waals surface area contributed by atoms with Gasteiger partial charge in [0.25, 0.3) is 0 Å². The molecule has 0 bridgehead atoms. The second kappa shape index (κ2) is 12.1. The van der Waals surface area contributed by atoms with Gasteiger partial charge in [-0.05, 0) is 65.3 Å². The van der Waals surface area contributed by atoms with Gasteiger partial charge in [0, 0.05) is 19.9 Å². The highest BCUT2D eigenvalue weighted by atomic mass is 16.6. The Morgan fingerprint density at radius 1 is 0.829 bits per heavy atom. The van der Waals surface area contributed by atoms with Gasteiger partial charge < -0.3 is 23.7 Å². The standard InChI is InChI=1S/C25H32O10/c1-15(26)31-18-11-9-17(13-19(18)32-16(2)27)10-12-21(28)33-20(23(30)35-25(6,7)8)14-22(29)34-24(3,4)5/h9-13,20H,14H2,1-8H3/b12-10+/t20-/m1/s1. The van der Waals surface area contributed by atoms with E-state index in [-0.39, 0.29) is 11.5 Å². The van der Waals surface area contributed by atoms with Crippen LogP contribution in [0.15, 0.2) is 24.3 Å². The van der Waals surface area contributed by atoms with Crippen LogP contribution in [0.5, 0.6) is 11.5 Å². The zero-order chi connectivity index (χ0) is 27.0. The van der Waals surface area contributed by atoms with Crippen molar-refractivity contribution in [3.05, 3.63) is 29.8 Å². The zero-order valence-electron chi connectivity index (χ0n) is 21.3. The molecule has 0 saturated heterocycles. The van der Waals surface area contributed by atoms with E-state index < -0.39 is 53.6 Å². The summed E-state index contributed by atoms with van der Waals surface area (Å²) in [4.78, 5) is 59.7. The Hall–Kier alpha value is -3.69. The van der Waals surface area contributed by atoms with E-state index in [4.69, 9.17) is 23.7 Å². The molecule has 10 nitrogen and oxygen atoms in total. The number of hydrogen-bond acceptors (Lipinski definition) is 10. The number of benzene rings is 1. The third-order valence-corrected chi connectivity index (χ3v) is 3.59. The molecule has 1 aromatic carbocycles. The van der Waals surface area contributed by atoms with Crippen molar-refractivity contribution >= 4 is 35.9 Å². The fourth-order valence-corrected chi connectivity index (χ4v) is 2.52. The van der Waals surface area contributed by atoms with Crippen molar-refractivity contribution in [1.29, 1.82) is 0 Å². The lowest BCUT2D eigenvalue weighted by Crippen LogP contribution is -2.37. The van der Waals surface area contributed by atoms with Crippen molar-refractivity contribution in [3.63, 3.8) is 0 Å². The molecular formula is C25H32O10. The first-order valence-corrected chi connectivity index (χ1v) is 10.8. The van der Waals surface area contributed by atoms with Crippen LogP contribution in [-0.2, 0) is 38.2 Å². The molecule has 1 aromatic rings. The molecule has 35 heavy (non-hydrogen) atoms. The summed E-state index contributed by atoms with van der Waals surface area (Å²) in [6, 6.07) is 4.26. The summed E-state index contributed by atoms with van der Waals surface area (Å²) < 4.78 is 25.7. The molecule has 0 aromatic heterocycles. The van der Waals surface area contributed by atoms with Crippen LogP contribution in [-0.4, -0.2) is 47.2 Å². The average Bonchev–Trinajstić information content (AvgIpc) is 2.64. The van der Waals surface area contributed by atoms with E-state index in [0.717, 1.165) is 6.08 Å². The monoisotopic (exact) mass is 492 g/mol. The molecule has 0 aliphatic carbocycles. The summed E-state index contributed by atoms with van der Waals surface area (Å²) in [6.45, 7) is 12.3. The highest BCUT2D eigenvalue weighted by Gasteiger charge is 2.32. The first kappa shape index (κ1) is 29.3. The van der Waals surface area contributed by atoms with Gasteiger partial charge in [-0.2, -0.15) is 0 Å². The second-order valence-electron chi connectivity index (χ2n) is 9.48. The summed E-state index contributed by atoms with van der Waals surface area (Å²) >= 11 is 0. The average molecular weight is 493 g/mol. The lowest BCUT2D eigenvalue weighted by atomic mass is 10.1. The number of ether oxygens (including phenoxy) is 5. The maximum atomic E-state index is 12.5. The van der Waals surface area contributed by atoms with Crippen LogP contribution in [0.1, 0.15) is 67.4 Å². The Morgan fingerprint density at radius 3 is 1.89 bits per heavy atom. The molecule has 1 atom stereocenters. The molecule has 0 aliphatic rings. The first-order chi connectivity index (χ1) is 15.9. The van der Waals surface area contributed by atoms with Crippen LogP contribution in [0.2, 0.25) is 0 Å². The van der Waals surface area contributed by atoms with E-state index in [9.17, 15) is 24.0 Å². The zero-order valence-corrected chi connectivity index (χ0v) is 21.3. The van der Waals surface area contributed by atoms with Crippen molar-refractivity contribution in [2.24, 2.45) is 0 Å². The molecule has 0 spiro atoms. The van der Waals surface area contributed by atoms with Crippen LogP contribution in [0.25, 0.3) is 6.08 Å². The molecule has 10 heteroatoms. The lowest BCUT2D eigenvalue weighted by Gasteiger charge is -2.25. The maximum Gasteiger partial charge on any atom is 0.348 e. The smallest absolute Gasteiger partial charge is 0.348 e. The molecule has 0 fully saturated rings. The number of rotatable bonds is 8. The SMILES string of the molecule is CC(=O)Oc1ccc(/C=C/C(=O)O[C@H](CC(=O)OC(C)(C)C)C(=O)OC(C)(C)C)cc1OC(C)=O. The van der Waals surface area contributed by atoms with Crippen molar-refractivity contribution < 1.29 is 47.7 Å². The largest absolute Gasteiger partial charge is 0.460 e. The maximum absolute atomic E-state index is 12.5. The molecule has 0 unspecified atom stereocenters. The number of carbonyl (C=O) groups is 5. The van der Waals surface area contributed by atoms with Crippen LogP contribution in [0, 0.1) is 0 Å². The van der Waals surface area contributed by atoms with Gasteiger partial charge in [-0.25, -0.2) is 9.59 Å². The predicted molar refractivity (Wildman–Crippen MR) is 124 cm³/mol. The van der Waals surface area contributed by atoms with E-state index in [1.165, 1.54) is 38.1 Å². The molecule has 0 aliphatic heterocycles. The third-order valence-electron chi connectivity index (χ3n) is 3.59. The molecular weight excluding hydrogens is 460 g/mol. The van der Waals surface area contributed by atoms with Crippen LogP contribution >= 0.6 is 0 Å². The quantitative estimate of drug-likeness (QED) is 0.230. The summed E-state index contributed by atoms with van der Waals surface area (Å²) in [6.07, 6.45) is 0.292. The van der Waals surface area contributed by atoms with E-state index in [1.807, 2.05) is 0 Å². The molecule has 0 amide bonds. The number of carbonyl (C=O) groups excluding carboxylic acids is 5. The fourth-order valence-electron chi connectivity index (χ4n) is 2.52. The molecule has 192 valence electrons. The minimum atomic E-state index is -1.52. The lowest BCUT2D eigenvalue weighted by molar-refractivity contribution is -0.179. The summed E-state index contributed by atoms with van der Waals surface area (Å²) in [5.41, 5.74) is -1.27. The van der Waals surface area contributed by atoms with Gasteiger partial charge in [0.1, 0.15) is 11.2 Å². The van der Waals surface area contributed by atoms with Gasteiger partial charge >= 0.3 is 29.8 Å². The number of esters is 5. The molecule has 0 radical (unpaired) electrons. The third kappa shape index (κ3) is 12.4. The molecule has 0 heterocycles. The van der Waals surface area contributed by atoms with Crippen molar-refractivity contribution in [2.45, 2.75) is 79.1 Å². The van der Waals surface area contributed by atoms with E-state index in [1.54, 1.807) is 41.5 Å². The van der Waals surface area contributed by atoms with Crippen molar-refractivity contribution in [3.8, 4) is 11.5 Å². The normalized spacial score (nSPS) is 12.5. The second-order valence-corrected chi connectivity index (χ2v) is 9.48. The van der Waals surface area contributed by atoms with Crippen LogP contribution < -0.4 is 9.47 Å². The predicted octanol–water partition coefficient (Wildman–Crippen LogP) is 3.54. The highest BCUT2D eigenvalue weighted by molar-refractivity contribution is 5.91. The van der Waals surface area contributed by atoms with E-state index in [0.29, 0.717) is 5.56 Å². The van der Waals surface area contributed by atoms with Crippen LogP contribution in [0.4, 0.5) is 0 Å². The summed E-state index contributed by atoms with van der Waals surface area (Å²) in [7, 11) is 0. The van der Waals surface area contributed by atoms with Gasteiger partial charge in [-0.15, -0.1) is 0 Å². The highest BCUT2D eigenvalue weighted by Crippen LogP contribution is 2.29. The van der Waals surface area contributed by atoms with Gasteiger partial charge in [0.2, 0.25) is 6.10 Å². The summed E-state index contributed by atoms with van der Waals surface area (Å²) in [5, 5.41) is 0. The Kier molecular flexibility index (Phi) is 10.2. The van der Waals surface area contributed by atoms with Gasteiger partial charge in [0.15, 0.2) is 11.5 Å². The number of hydrogen-bond donors (Lipinski definition) is 0. The summed E-state index contributed by atoms with van der Waals surface area (Å²) in [5.74, 6) is -3.81. The first-order valence-electron chi connectivity index (χ1n) is 10.8. The molecule has 1 rings (SSSR count). The Balaban J connectivity index is 3.05. The van der Waals surface area contributed by atoms with Gasteiger partial charge in [-0.3, -0.25) is 14.4 Å². The Labute approximate surface area is 204 Å². The topological polar surface area (TPSA) is 132 Å². The minimum Gasteiger partial charge on any atom is -0.460 e. The van der Waals surface area contributed by atoms with E-state index >= 15 is 0 Å². The van der Waals surface area contributed by atoms with Crippen molar-refractivity contribution in [2.75, 3.05) is 0 Å². The van der Waals surface area contributed by atoms with Gasteiger partial charge in [-0.1, -0.05) is 6.07 Å².